The molecule has 0 N–H and O–H groups in total. The van der Waals surface area contributed by atoms with Gasteiger partial charge in [-0.15, -0.1) is 5.10 Å². The Bertz CT molecular complexity index is 999. The third kappa shape index (κ3) is 3.12. The van der Waals surface area contributed by atoms with Gasteiger partial charge in [0, 0.05) is 48.3 Å². The van der Waals surface area contributed by atoms with Crippen molar-refractivity contribution in [2.24, 2.45) is 5.92 Å². The van der Waals surface area contributed by atoms with Gasteiger partial charge < -0.3 is 4.90 Å². The molecule has 1 fully saturated rings. The van der Waals surface area contributed by atoms with Crippen LogP contribution in [0.5, 0.6) is 0 Å². The Morgan fingerprint density at radius 3 is 2.54 bits per heavy atom. The molecule has 3 aromatic rings. The molecule has 1 aliphatic heterocycles. The van der Waals surface area contributed by atoms with Crippen molar-refractivity contribution in [1.29, 1.82) is 0 Å². The highest BCUT2D eigenvalue weighted by molar-refractivity contribution is 5.48. The van der Waals surface area contributed by atoms with Crippen LogP contribution in [0.1, 0.15) is 17.1 Å². The van der Waals surface area contributed by atoms with Crippen LogP contribution >= 0.6 is 0 Å². The molecule has 26 heavy (non-hydrogen) atoms. The maximum absolute atomic E-state index is 12.2. The third-order valence-electron chi connectivity index (χ3n) is 4.71. The van der Waals surface area contributed by atoms with Crippen molar-refractivity contribution < 1.29 is 0 Å². The fraction of sp³-hybridized carbons (Fsp3) is 0.368. The van der Waals surface area contributed by atoms with E-state index in [-0.39, 0.29) is 5.56 Å². The zero-order chi connectivity index (χ0) is 18.3. The Balaban J connectivity index is 1.48. The standard InChI is InChI=1S/C19H22N6O/c1-13-9-17(6-7-20-13)23-10-16(11-23)12-24-19(26)5-4-18(22-24)25-15(3)8-14(2)21-25/h4-9,16H,10-12H2,1-3H3. The van der Waals surface area contributed by atoms with Crippen molar-refractivity contribution in [3.8, 4) is 5.82 Å². The average Bonchev–Trinajstić information content (AvgIpc) is 2.90. The fourth-order valence-corrected chi connectivity index (χ4v) is 3.41. The molecule has 0 bridgehead atoms. The van der Waals surface area contributed by atoms with E-state index in [2.05, 4.69) is 26.1 Å². The number of hydrogen-bond acceptors (Lipinski definition) is 5. The Kier molecular flexibility index (Phi) is 4.06. The average molecular weight is 350 g/mol. The van der Waals surface area contributed by atoms with Gasteiger partial charge in [0.1, 0.15) is 0 Å². The Morgan fingerprint density at radius 1 is 1.04 bits per heavy atom. The first kappa shape index (κ1) is 16.5. The summed E-state index contributed by atoms with van der Waals surface area (Å²) in [5.74, 6) is 1.08. The maximum Gasteiger partial charge on any atom is 0.266 e. The van der Waals surface area contributed by atoms with Gasteiger partial charge in [0.25, 0.3) is 5.56 Å². The molecule has 0 radical (unpaired) electrons. The lowest BCUT2D eigenvalue weighted by Crippen LogP contribution is -2.49. The number of anilines is 1. The van der Waals surface area contributed by atoms with Gasteiger partial charge in [-0.3, -0.25) is 9.78 Å². The number of hydrogen-bond donors (Lipinski definition) is 0. The minimum Gasteiger partial charge on any atom is -0.371 e. The second-order valence-corrected chi connectivity index (χ2v) is 6.98. The lowest BCUT2D eigenvalue weighted by molar-refractivity contribution is 0.334. The highest BCUT2D eigenvalue weighted by Crippen LogP contribution is 2.25. The molecular formula is C19H22N6O. The largest absolute Gasteiger partial charge is 0.371 e. The van der Waals surface area contributed by atoms with Crippen LogP contribution in [0.3, 0.4) is 0 Å². The number of pyridine rings is 1. The van der Waals surface area contributed by atoms with Gasteiger partial charge in [-0.05, 0) is 45.0 Å². The van der Waals surface area contributed by atoms with E-state index in [1.807, 2.05) is 39.1 Å². The van der Waals surface area contributed by atoms with Gasteiger partial charge in [-0.1, -0.05) is 0 Å². The van der Waals surface area contributed by atoms with E-state index < -0.39 is 0 Å². The van der Waals surface area contributed by atoms with Crippen LogP contribution in [0.2, 0.25) is 0 Å². The molecule has 0 amide bonds. The van der Waals surface area contributed by atoms with Crippen LogP contribution in [0.15, 0.2) is 41.3 Å². The van der Waals surface area contributed by atoms with Crippen LogP contribution < -0.4 is 10.5 Å². The quantitative estimate of drug-likeness (QED) is 0.719. The third-order valence-corrected chi connectivity index (χ3v) is 4.71. The van der Waals surface area contributed by atoms with E-state index in [0.717, 1.165) is 30.2 Å². The molecule has 1 saturated heterocycles. The van der Waals surface area contributed by atoms with E-state index in [4.69, 9.17) is 0 Å². The smallest absolute Gasteiger partial charge is 0.266 e. The molecule has 4 heterocycles. The van der Waals surface area contributed by atoms with Gasteiger partial charge in [0.2, 0.25) is 0 Å². The van der Waals surface area contributed by atoms with E-state index >= 15 is 0 Å². The Morgan fingerprint density at radius 2 is 1.85 bits per heavy atom. The topological polar surface area (TPSA) is 68.8 Å². The minimum absolute atomic E-state index is 0.0755. The maximum atomic E-state index is 12.2. The lowest BCUT2D eigenvalue weighted by atomic mass is 9.99. The summed E-state index contributed by atoms with van der Waals surface area (Å²) in [5, 5.41) is 8.98. The molecule has 0 aromatic carbocycles. The van der Waals surface area contributed by atoms with Crippen LogP contribution in [0.4, 0.5) is 5.69 Å². The molecule has 0 atom stereocenters. The van der Waals surface area contributed by atoms with E-state index in [1.165, 1.54) is 5.69 Å². The van der Waals surface area contributed by atoms with Crippen molar-refractivity contribution in [3.63, 3.8) is 0 Å². The van der Waals surface area contributed by atoms with Crippen LogP contribution in [0, 0.1) is 26.7 Å². The van der Waals surface area contributed by atoms with E-state index in [0.29, 0.717) is 18.3 Å². The highest BCUT2D eigenvalue weighted by Gasteiger charge is 2.28. The summed E-state index contributed by atoms with van der Waals surface area (Å²) in [7, 11) is 0. The van der Waals surface area contributed by atoms with E-state index in [9.17, 15) is 4.79 Å². The molecule has 4 rings (SSSR count). The molecule has 0 unspecified atom stereocenters. The molecule has 1 aliphatic rings. The van der Waals surface area contributed by atoms with Crippen molar-refractivity contribution in [1.82, 2.24) is 24.5 Å². The zero-order valence-corrected chi connectivity index (χ0v) is 15.3. The summed E-state index contributed by atoms with van der Waals surface area (Å²) in [6, 6.07) is 9.41. The summed E-state index contributed by atoms with van der Waals surface area (Å²) in [6.07, 6.45) is 1.84. The Labute approximate surface area is 151 Å². The molecule has 3 aromatic heterocycles. The molecule has 0 aliphatic carbocycles. The van der Waals surface area contributed by atoms with Crippen molar-refractivity contribution in [2.75, 3.05) is 18.0 Å². The van der Waals surface area contributed by atoms with Crippen LogP contribution in [-0.4, -0.2) is 37.6 Å². The molecular weight excluding hydrogens is 328 g/mol. The first-order chi connectivity index (χ1) is 12.5. The molecule has 7 nitrogen and oxygen atoms in total. The first-order valence-corrected chi connectivity index (χ1v) is 8.79. The fourth-order valence-electron chi connectivity index (χ4n) is 3.41. The normalized spacial score (nSPS) is 14.5. The van der Waals surface area contributed by atoms with Crippen molar-refractivity contribution in [3.05, 3.63) is 64.0 Å². The molecule has 134 valence electrons. The second kappa shape index (κ2) is 6.40. The van der Waals surface area contributed by atoms with Gasteiger partial charge in [0.05, 0.1) is 12.2 Å². The number of rotatable bonds is 4. The summed E-state index contributed by atoms with van der Waals surface area (Å²) < 4.78 is 3.34. The van der Waals surface area contributed by atoms with Crippen molar-refractivity contribution in [2.45, 2.75) is 27.3 Å². The minimum atomic E-state index is -0.0755. The number of aryl methyl sites for hydroxylation is 3. The first-order valence-electron chi connectivity index (χ1n) is 8.79. The summed E-state index contributed by atoms with van der Waals surface area (Å²) in [5.41, 5.74) is 4.06. The predicted octanol–water partition coefficient (Wildman–Crippen LogP) is 1.89. The van der Waals surface area contributed by atoms with Gasteiger partial charge >= 0.3 is 0 Å². The van der Waals surface area contributed by atoms with Gasteiger partial charge in [-0.2, -0.15) is 5.10 Å². The zero-order valence-electron chi connectivity index (χ0n) is 15.3. The van der Waals surface area contributed by atoms with Gasteiger partial charge in [-0.25, -0.2) is 9.36 Å². The highest BCUT2D eigenvalue weighted by atomic mass is 16.1. The van der Waals surface area contributed by atoms with Crippen molar-refractivity contribution >= 4 is 5.69 Å². The summed E-state index contributed by atoms with van der Waals surface area (Å²) in [6.45, 7) is 8.38. The molecule has 7 heteroatoms. The Hall–Kier alpha value is -2.96. The number of aromatic nitrogens is 5. The number of nitrogens with zero attached hydrogens (tertiary/aromatic N) is 6. The lowest BCUT2D eigenvalue weighted by Gasteiger charge is -2.41. The summed E-state index contributed by atoms with van der Waals surface area (Å²) in [4.78, 5) is 18.8. The SMILES string of the molecule is Cc1cc(N2CC(Cn3nc(-n4nc(C)cc4C)ccc3=O)C2)ccn1. The van der Waals surface area contributed by atoms with Gasteiger partial charge in [0.15, 0.2) is 5.82 Å². The summed E-state index contributed by atoms with van der Waals surface area (Å²) >= 11 is 0. The molecule has 0 saturated carbocycles. The van der Waals surface area contributed by atoms with Crippen LogP contribution in [-0.2, 0) is 6.54 Å². The van der Waals surface area contributed by atoms with Crippen LogP contribution in [0.25, 0.3) is 5.82 Å². The van der Waals surface area contributed by atoms with E-state index in [1.54, 1.807) is 21.5 Å². The molecule has 0 spiro atoms. The monoisotopic (exact) mass is 350 g/mol. The second-order valence-electron chi connectivity index (χ2n) is 6.98. The predicted molar refractivity (Wildman–Crippen MR) is 99.8 cm³/mol.